The van der Waals surface area contributed by atoms with Gasteiger partial charge in [-0.2, -0.15) is 0 Å². The van der Waals surface area contributed by atoms with Gasteiger partial charge in [-0.15, -0.1) is 0 Å². The van der Waals surface area contributed by atoms with Crippen LogP contribution in [-0.2, 0) is 11.8 Å². The van der Waals surface area contributed by atoms with Gasteiger partial charge in [0.05, 0.1) is 6.10 Å². The van der Waals surface area contributed by atoms with Crippen molar-refractivity contribution in [2.75, 3.05) is 31.1 Å². The summed E-state index contributed by atoms with van der Waals surface area (Å²) in [6.45, 7) is 3.36. The molecule has 0 aromatic carbocycles. The maximum absolute atomic E-state index is 5.75. The van der Waals surface area contributed by atoms with Gasteiger partial charge in [0.15, 0.2) is 0 Å². The molecule has 2 N–H and O–H groups in total. The maximum Gasteiger partial charge on any atom is 0.245 e. The van der Waals surface area contributed by atoms with Gasteiger partial charge in [-0.25, -0.2) is 4.68 Å². The van der Waals surface area contributed by atoms with Gasteiger partial charge in [-0.05, 0) is 36.2 Å². The van der Waals surface area contributed by atoms with Gasteiger partial charge < -0.3 is 15.4 Å². The van der Waals surface area contributed by atoms with Crippen LogP contribution >= 0.6 is 0 Å². The number of ether oxygens (including phenoxy) is 1. The number of piperidine rings is 1. The zero-order chi connectivity index (χ0) is 12.1. The van der Waals surface area contributed by atoms with E-state index in [0.717, 1.165) is 44.9 Å². The highest BCUT2D eigenvalue weighted by atomic mass is 16.5. The molecule has 96 valence electrons. The van der Waals surface area contributed by atoms with E-state index < -0.39 is 0 Å². The van der Waals surface area contributed by atoms with Gasteiger partial charge in [-0.3, -0.25) is 0 Å². The summed E-state index contributed by atoms with van der Waals surface area (Å²) in [6, 6.07) is 0. The SMILES string of the molecule is Cn1nnnc1N1CCC(OCCCN)CC1. The van der Waals surface area contributed by atoms with E-state index in [1.807, 2.05) is 7.05 Å². The Labute approximate surface area is 101 Å². The molecule has 17 heavy (non-hydrogen) atoms. The molecule has 0 atom stereocenters. The number of hydrogen-bond donors (Lipinski definition) is 1. The zero-order valence-electron chi connectivity index (χ0n) is 10.2. The summed E-state index contributed by atoms with van der Waals surface area (Å²) >= 11 is 0. The van der Waals surface area contributed by atoms with Crippen LogP contribution in [0.4, 0.5) is 5.95 Å². The summed E-state index contributed by atoms with van der Waals surface area (Å²) < 4.78 is 7.46. The standard InChI is InChI=1S/C10H20N6O/c1-15-10(12-13-14-15)16-6-3-9(4-7-16)17-8-2-5-11/h9H,2-8,11H2,1H3. The van der Waals surface area contributed by atoms with E-state index in [4.69, 9.17) is 10.5 Å². The molecule has 7 nitrogen and oxygen atoms in total. The normalized spacial score (nSPS) is 17.6. The molecule has 1 aliphatic rings. The Morgan fingerprint density at radius 2 is 2.18 bits per heavy atom. The third-order valence-electron chi connectivity index (χ3n) is 3.02. The third-order valence-corrected chi connectivity index (χ3v) is 3.02. The molecule has 1 aromatic heterocycles. The van der Waals surface area contributed by atoms with Crippen molar-refractivity contribution < 1.29 is 4.74 Å². The first-order valence-corrected chi connectivity index (χ1v) is 6.10. The largest absolute Gasteiger partial charge is 0.378 e. The number of anilines is 1. The van der Waals surface area contributed by atoms with Crippen LogP contribution in [-0.4, -0.2) is 52.6 Å². The Hall–Kier alpha value is -1.21. The monoisotopic (exact) mass is 240 g/mol. The van der Waals surface area contributed by atoms with Crippen LogP contribution < -0.4 is 10.6 Å². The van der Waals surface area contributed by atoms with Crippen molar-refractivity contribution in [1.29, 1.82) is 0 Å². The summed E-state index contributed by atoms with van der Waals surface area (Å²) in [4.78, 5) is 2.20. The first-order valence-electron chi connectivity index (χ1n) is 6.10. The van der Waals surface area contributed by atoms with Crippen LogP contribution in [0.3, 0.4) is 0 Å². The molecule has 1 saturated heterocycles. The second-order valence-corrected chi connectivity index (χ2v) is 4.30. The lowest BCUT2D eigenvalue weighted by atomic mass is 10.1. The minimum atomic E-state index is 0.360. The number of aromatic nitrogens is 4. The van der Waals surface area contributed by atoms with Crippen molar-refractivity contribution in [3.63, 3.8) is 0 Å². The average molecular weight is 240 g/mol. The van der Waals surface area contributed by atoms with Crippen molar-refractivity contribution in [2.45, 2.75) is 25.4 Å². The van der Waals surface area contributed by atoms with Gasteiger partial charge in [0.25, 0.3) is 0 Å². The second-order valence-electron chi connectivity index (χ2n) is 4.30. The maximum atomic E-state index is 5.75. The molecule has 0 aliphatic carbocycles. The smallest absolute Gasteiger partial charge is 0.245 e. The molecule has 0 saturated carbocycles. The molecule has 0 spiro atoms. The van der Waals surface area contributed by atoms with Crippen LogP contribution in [0.2, 0.25) is 0 Å². The number of nitrogens with zero attached hydrogens (tertiary/aromatic N) is 5. The highest BCUT2D eigenvalue weighted by Gasteiger charge is 2.22. The second kappa shape index (κ2) is 5.92. The van der Waals surface area contributed by atoms with Crippen LogP contribution in [0.1, 0.15) is 19.3 Å². The molecule has 0 radical (unpaired) electrons. The minimum Gasteiger partial charge on any atom is -0.378 e. The molecule has 0 amide bonds. The predicted octanol–water partition coefficient (Wildman–Crippen LogP) is -0.456. The Morgan fingerprint density at radius 3 is 2.76 bits per heavy atom. The number of nitrogens with two attached hydrogens (primary N) is 1. The summed E-state index contributed by atoms with van der Waals surface area (Å²) in [5, 5.41) is 11.5. The molecule has 2 heterocycles. The summed E-state index contributed by atoms with van der Waals surface area (Å²) in [5.74, 6) is 0.838. The first-order chi connectivity index (χ1) is 8.31. The van der Waals surface area contributed by atoms with Crippen molar-refractivity contribution in [1.82, 2.24) is 20.2 Å². The Bertz CT molecular complexity index is 333. The first kappa shape index (κ1) is 12.3. The molecule has 0 unspecified atom stereocenters. The third kappa shape index (κ3) is 3.13. The molecule has 2 rings (SSSR count). The molecular weight excluding hydrogens is 220 g/mol. The van der Waals surface area contributed by atoms with E-state index in [1.165, 1.54) is 0 Å². The fraction of sp³-hybridized carbons (Fsp3) is 0.900. The lowest BCUT2D eigenvalue weighted by molar-refractivity contribution is 0.0364. The van der Waals surface area contributed by atoms with E-state index in [0.29, 0.717) is 12.6 Å². The molecule has 1 aromatic rings. The minimum absolute atomic E-state index is 0.360. The lowest BCUT2D eigenvalue weighted by Crippen LogP contribution is -2.38. The molecule has 1 fully saturated rings. The topological polar surface area (TPSA) is 82.1 Å². The molecule has 7 heteroatoms. The summed E-state index contributed by atoms with van der Waals surface area (Å²) in [6.07, 6.45) is 3.35. The van der Waals surface area contributed by atoms with Gasteiger partial charge in [0.1, 0.15) is 0 Å². The Kier molecular flexibility index (Phi) is 4.27. The predicted molar refractivity (Wildman–Crippen MR) is 63.7 cm³/mol. The fourth-order valence-electron chi connectivity index (χ4n) is 2.05. The van der Waals surface area contributed by atoms with E-state index in [-0.39, 0.29) is 0 Å². The van der Waals surface area contributed by atoms with Gasteiger partial charge in [0.2, 0.25) is 5.95 Å². The van der Waals surface area contributed by atoms with Crippen LogP contribution in [0.5, 0.6) is 0 Å². The zero-order valence-corrected chi connectivity index (χ0v) is 10.2. The van der Waals surface area contributed by atoms with Crippen molar-refractivity contribution >= 4 is 5.95 Å². The number of rotatable bonds is 5. The van der Waals surface area contributed by atoms with E-state index in [9.17, 15) is 0 Å². The highest BCUT2D eigenvalue weighted by Crippen LogP contribution is 2.18. The van der Waals surface area contributed by atoms with Gasteiger partial charge >= 0.3 is 0 Å². The van der Waals surface area contributed by atoms with E-state index >= 15 is 0 Å². The van der Waals surface area contributed by atoms with Crippen molar-refractivity contribution in [3.8, 4) is 0 Å². The lowest BCUT2D eigenvalue weighted by Gasteiger charge is -2.31. The number of hydrogen-bond acceptors (Lipinski definition) is 6. The number of aryl methyl sites for hydroxylation is 1. The van der Waals surface area contributed by atoms with Crippen LogP contribution in [0.15, 0.2) is 0 Å². The Morgan fingerprint density at radius 1 is 1.41 bits per heavy atom. The molecule has 0 bridgehead atoms. The summed E-state index contributed by atoms with van der Waals surface area (Å²) in [7, 11) is 1.86. The quantitative estimate of drug-likeness (QED) is 0.702. The van der Waals surface area contributed by atoms with Crippen LogP contribution in [0.25, 0.3) is 0 Å². The van der Waals surface area contributed by atoms with Crippen LogP contribution in [0, 0.1) is 0 Å². The summed E-state index contributed by atoms with van der Waals surface area (Å²) in [5.41, 5.74) is 5.43. The fourth-order valence-corrected chi connectivity index (χ4v) is 2.05. The Balaban J connectivity index is 1.76. The average Bonchev–Trinajstić information content (AvgIpc) is 2.77. The van der Waals surface area contributed by atoms with Crippen molar-refractivity contribution in [3.05, 3.63) is 0 Å². The molecule has 1 aliphatic heterocycles. The van der Waals surface area contributed by atoms with Crippen molar-refractivity contribution in [2.24, 2.45) is 12.8 Å². The highest BCUT2D eigenvalue weighted by molar-refractivity contribution is 5.28. The van der Waals surface area contributed by atoms with E-state index in [2.05, 4.69) is 20.4 Å². The van der Waals surface area contributed by atoms with Gasteiger partial charge in [0, 0.05) is 26.7 Å². The van der Waals surface area contributed by atoms with E-state index in [1.54, 1.807) is 4.68 Å². The number of tetrazole rings is 1. The van der Waals surface area contributed by atoms with Gasteiger partial charge in [-0.1, -0.05) is 5.10 Å². The molecular formula is C10H20N6O.